The van der Waals surface area contributed by atoms with Crippen molar-refractivity contribution in [1.82, 2.24) is 4.31 Å². The maximum Gasteiger partial charge on any atom is 0.321 e. The van der Waals surface area contributed by atoms with Crippen LogP contribution >= 0.6 is 0 Å². The topological polar surface area (TPSA) is 99.2 Å². The van der Waals surface area contributed by atoms with E-state index in [1.165, 1.54) is 7.11 Å². The van der Waals surface area contributed by atoms with Crippen molar-refractivity contribution in [3.8, 4) is 0 Å². The van der Waals surface area contributed by atoms with Crippen LogP contribution in [-0.2, 0) is 33.8 Å². The van der Waals surface area contributed by atoms with Gasteiger partial charge < -0.3 is 14.2 Å². The molecule has 0 spiro atoms. The predicted molar refractivity (Wildman–Crippen MR) is 65.9 cm³/mol. The van der Waals surface area contributed by atoms with Gasteiger partial charge in [0.15, 0.2) is 0 Å². The van der Waals surface area contributed by atoms with Crippen LogP contribution in [-0.4, -0.2) is 71.4 Å². The number of carbonyl (C=O) groups is 2. The van der Waals surface area contributed by atoms with Crippen molar-refractivity contribution in [3.05, 3.63) is 0 Å². The minimum absolute atomic E-state index is 0.227. The van der Waals surface area contributed by atoms with Gasteiger partial charge in [0.2, 0.25) is 10.0 Å². The Bertz CT molecular complexity index is 375. The Kier molecular flexibility index (Phi) is 8.28. The van der Waals surface area contributed by atoms with Crippen molar-refractivity contribution in [2.45, 2.75) is 6.42 Å². The predicted octanol–water partition coefficient (Wildman–Crippen LogP) is -0.999. The molecule has 0 aliphatic heterocycles. The highest BCUT2D eigenvalue weighted by Gasteiger charge is 2.27. The molecule has 0 aromatic rings. The summed E-state index contributed by atoms with van der Waals surface area (Å²) in [7, 11) is -0.0314. The maximum atomic E-state index is 12.0. The number of carbonyl (C=O) groups excluding carboxylic acids is 2. The van der Waals surface area contributed by atoms with Crippen molar-refractivity contribution in [2.75, 3.05) is 46.8 Å². The zero-order valence-electron chi connectivity index (χ0n) is 11.2. The Labute approximate surface area is 112 Å². The summed E-state index contributed by atoms with van der Waals surface area (Å²) in [5.74, 6) is -1.73. The lowest BCUT2D eigenvalue weighted by Gasteiger charge is -2.19. The van der Waals surface area contributed by atoms with Crippen molar-refractivity contribution in [3.63, 3.8) is 0 Å². The maximum absolute atomic E-state index is 12.0. The lowest BCUT2D eigenvalue weighted by Crippen LogP contribution is -2.41. The molecule has 0 aliphatic carbocycles. The molecule has 9 heteroatoms. The second-order valence-corrected chi connectivity index (χ2v) is 5.67. The van der Waals surface area contributed by atoms with E-state index in [9.17, 15) is 18.0 Å². The lowest BCUT2D eigenvalue weighted by atomic mass is 10.5. The number of hydrogen-bond acceptors (Lipinski definition) is 7. The standard InChI is InChI=1S/C10H19NO7S/c1-16-5-4-6-19(14,15)11(7-9(12)17-2)8-10(13)18-3/h4-8H2,1-3H3. The van der Waals surface area contributed by atoms with E-state index in [-0.39, 0.29) is 18.8 Å². The fourth-order valence-electron chi connectivity index (χ4n) is 1.18. The summed E-state index contributed by atoms with van der Waals surface area (Å²) in [5.41, 5.74) is 0. The number of sulfonamides is 1. The molecule has 0 N–H and O–H groups in total. The van der Waals surface area contributed by atoms with Crippen LogP contribution in [0.25, 0.3) is 0 Å². The average molecular weight is 297 g/mol. The molecule has 0 amide bonds. The van der Waals surface area contributed by atoms with Crippen LogP contribution < -0.4 is 0 Å². The number of hydrogen-bond donors (Lipinski definition) is 0. The second kappa shape index (κ2) is 8.83. The molecule has 112 valence electrons. The van der Waals surface area contributed by atoms with E-state index in [1.807, 2.05) is 0 Å². The van der Waals surface area contributed by atoms with E-state index < -0.39 is 35.1 Å². The molecule has 8 nitrogen and oxygen atoms in total. The Morgan fingerprint density at radius 3 is 1.84 bits per heavy atom. The van der Waals surface area contributed by atoms with Crippen LogP contribution in [0, 0.1) is 0 Å². The lowest BCUT2D eigenvalue weighted by molar-refractivity contribution is -0.143. The summed E-state index contributed by atoms with van der Waals surface area (Å²) in [6.07, 6.45) is 0.262. The number of esters is 2. The van der Waals surface area contributed by atoms with Gasteiger partial charge in [-0.15, -0.1) is 0 Å². The first kappa shape index (κ1) is 17.8. The number of rotatable bonds is 9. The fourth-order valence-corrected chi connectivity index (χ4v) is 2.53. The van der Waals surface area contributed by atoms with Crippen LogP contribution in [0.2, 0.25) is 0 Å². The van der Waals surface area contributed by atoms with Gasteiger partial charge in [-0.1, -0.05) is 0 Å². The molecule has 0 aliphatic rings. The van der Waals surface area contributed by atoms with Gasteiger partial charge in [0.1, 0.15) is 13.1 Å². The summed E-state index contributed by atoms with van der Waals surface area (Å²) in [4.78, 5) is 22.3. The van der Waals surface area contributed by atoms with Gasteiger partial charge in [-0.2, -0.15) is 4.31 Å². The van der Waals surface area contributed by atoms with Crippen molar-refractivity contribution in [1.29, 1.82) is 0 Å². The van der Waals surface area contributed by atoms with E-state index >= 15 is 0 Å². The quantitative estimate of drug-likeness (QED) is 0.397. The number of methoxy groups -OCH3 is 3. The minimum Gasteiger partial charge on any atom is -0.468 e. The van der Waals surface area contributed by atoms with E-state index in [0.29, 0.717) is 0 Å². The fraction of sp³-hybridized carbons (Fsp3) is 0.800. The zero-order valence-corrected chi connectivity index (χ0v) is 12.1. The van der Waals surface area contributed by atoms with E-state index in [4.69, 9.17) is 4.74 Å². The largest absolute Gasteiger partial charge is 0.468 e. The molecule has 0 rings (SSSR count). The Hall–Kier alpha value is -1.19. The monoisotopic (exact) mass is 297 g/mol. The van der Waals surface area contributed by atoms with Crippen LogP contribution in [0.4, 0.5) is 0 Å². The third-order valence-corrected chi connectivity index (χ3v) is 4.06. The Balaban J connectivity index is 4.78. The summed E-state index contributed by atoms with van der Waals surface area (Å²) >= 11 is 0. The van der Waals surface area contributed by atoms with E-state index in [0.717, 1.165) is 18.5 Å². The van der Waals surface area contributed by atoms with Crippen LogP contribution in [0.5, 0.6) is 0 Å². The highest BCUT2D eigenvalue weighted by atomic mass is 32.2. The molecule has 0 aromatic heterocycles. The normalized spacial score (nSPS) is 11.4. The molecule has 19 heavy (non-hydrogen) atoms. The Morgan fingerprint density at radius 2 is 1.47 bits per heavy atom. The van der Waals surface area contributed by atoms with E-state index in [1.54, 1.807) is 0 Å². The van der Waals surface area contributed by atoms with Crippen molar-refractivity contribution in [2.24, 2.45) is 0 Å². The summed E-state index contributed by atoms with van der Waals surface area (Å²) in [5, 5.41) is 0. The van der Waals surface area contributed by atoms with Crippen LogP contribution in [0.15, 0.2) is 0 Å². The Morgan fingerprint density at radius 1 is 1.00 bits per heavy atom. The molecule has 0 unspecified atom stereocenters. The summed E-state index contributed by atoms with van der Waals surface area (Å²) < 4.78 is 38.2. The molecular formula is C10H19NO7S. The molecule has 0 saturated heterocycles. The van der Waals surface area contributed by atoms with E-state index in [2.05, 4.69) is 9.47 Å². The van der Waals surface area contributed by atoms with Gasteiger partial charge in [-0.25, -0.2) is 8.42 Å². The minimum atomic E-state index is -3.75. The molecule has 0 radical (unpaired) electrons. The van der Waals surface area contributed by atoms with Gasteiger partial charge in [-0.05, 0) is 6.42 Å². The number of nitrogens with zero attached hydrogens (tertiary/aromatic N) is 1. The van der Waals surface area contributed by atoms with Gasteiger partial charge in [0.05, 0.1) is 20.0 Å². The van der Waals surface area contributed by atoms with Gasteiger partial charge in [-0.3, -0.25) is 9.59 Å². The third-order valence-electron chi connectivity index (χ3n) is 2.21. The van der Waals surface area contributed by atoms with Crippen LogP contribution in [0.1, 0.15) is 6.42 Å². The van der Waals surface area contributed by atoms with Crippen molar-refractivity contribution >= 4 is 22.0 Å². The highest BCUT2D eigenvalue weighted by molar-refractivity contribution is 7.89. The first-order valence-corrected chi connectivity index (χ1v) is 7.08. The third kappa shape index (κ3) is 7.09. The average Bonchev–Trinajstić information content (AvgIpc) is 2.37. The first-order valence-electron chi connectivity index (χ1n) is 5.47. The second-order valence-electron chi connectivity index (χ2n) is 3.58. The van der Waals surface area contributed by atoms with Gasteiger partial charge in [0, 0.05) is 13.7 Å². The first-order chi connectivity index (χ1) is 8.87. The molecule has 0 atom stereocenters. The highest BCUT2D eigenvalue weighted by Crippen LogP contribution is 2.05. The van der Waals surface area contributed by atoms with Gasteiger partial charge >= 0.3 is 11.9 Å². The summed E-state index contributed by atoms with van der Waals surface area (Å²) in [6, 6.07) is 0. The molecule has 0 aromatic carbocycles. The zero-order chi connectivity index (χ0) is 14.9. The molecule has 0 heterocycles. The van der Waals surface area contributed by atoms with Crippen molar-refractivity contribution < 1.29 is 32.2 Å². The summed E-state index contributed by atoms with van der Waals surface area (Å²) in [6.45, 7) is -0.786. The van der Waals surface area contributed by atoms with Crippen LogP contribution in [0.3, 0.4) is 0 Å². The molecule has 0 fully saturated rings. The smallest absolute Gasteiger partial charge is 0.321 e. The molecular weight excluding hydrogens is 278 g/mol. The molecule has 0 saturated carbocycles. The van der Waals surface area contributed by atoms with Gasteiger partial charge in [0.25, 0.3) is 0 Å². The molecule has 0 bridgehead atoms. The SMILES string of the molecule is COCCCS(=O)(=O)N(CC(=O)OC)CC(=O)OC. The number of ether oxygens (including phenoxy) is 3.